The van der Waals surface area contributed by atoms with Crippen LogP contribution in [0.5, 0.6) is 0 Å². The molecule has 104 valence electrons. The molecule has 0 heterocycles. The smallest absolute Gasteiger partial charge is 0.336 e. The molecule has 0 fully saturated rings. The molecular formula is C16H16FNO2. The van der Waals surface area contributed by atoms with Crippen LogP contribution in [0.25, 0.3) is 0 Å². The van der Waals surface area contributed by atoms with Gasteiger partial charge in [0.15, 0.2) is 0 Å². The van der Waals surface area contributed by atoms with Crippen molar-refractivity contribution in [1.29, 1.82) is 0 Å². The van der Waals surface area contributed by atoms with Crippen LogP contribution >= 0.6 is 0 Å². The van der Waals surface area contributed by atoms with Gasteiger partial charge in [0.25, 0.3) is 0 Å². The Balaban J connectivity index is 2.11. The molecule has 2 aromatic rings. The molecule has 2 rings (SSSR count). The first kappa shape index (κ1) is 14.2. The van der Waals surface area contributed by atoms with Crippen molar-refractivity contribution in [1.82, 2.24) is 4.90 Å². The number of halogens is 1. The van der Waals surface area contributed by atoms with Gasteiger partial charge in [0.05, 0.1) is 5.56 Å². The molecule has 20 heavy (non-hydrogen) atoms. The summed E-state index contributed by atoms with van der Waals surface area (Å²) in [7, 11) is 1.90. The van der Waals surface area contributed by atoms with E-state index in [1.807, 2.05) is 42.3 Å². The van der Waals surface area contributed by atoms with Crippen LogP contribution in [0, 0.1) is 5.82 Å². The zero-order valence-corrected chi connectivity index (χ0v) is 11.2. The van der Waals surface area contributed by atoms with E-state index in [1.165, 1.54) is 12.1 Å². The SMILES string of the molecule is CN(Cc1ccccc1)Cc1ccc(F)cc1C(=O)O. The maximum absolute atomic E-state index is 13.1. The second-order valence-electron chi connectivity index (χ2n) is 4.76. The molecule has 0 saturated heterocycles. The molecule has 0 aliphatic carbocycles. The minimum absolute atomic E-state index is 0.0184. The fourth-order valence-electron chi connectivity index (χ4n) is 2.13. The highest BCUT2D eigenvalue weighted by molar-refractivity contribution is 5.89. The highest BCUT2D eigenvalue weighted by atomic mass is 19.1. The molecule has 0 unspecified atom stereocenters. The zero-order valence-electron chi connectivity index (χ0n) is 11.2. The van der Waals surface area contributed by atoms with Gasteiger partial charge in [0.2, 0.25) is 0 Å². The average molecular weight is 273 g/mol. The number of hydrogen-bond donors (Lipinski definition) is 1. The van der Waals surface area contributed by atoms with Crippen molar-refractivity contribution < 1.29 is 14.3 Å². The summed E-state index contributed by atoms with van der Waals surface area (Å²) in [5, 5.41) is 9.11. The van der Waals surface area contributed by atoms with Crippen LogP contribution in [0.4, 0.5) is 4.39 Å². The number of carboxylic acids is 1. The summed E-state index contributed by atoms with van der Waals surface area (Å²) in [6, 6.07) is 13.8. The highest BCUT2D eigenvalue weighted by Gasteiger charge is 2.13. The Morgan fingerprint density at radius 3 is 2.50 bits per heavy atom. The Bertz CT molecular complexity index is 599. The molecule has 2 aromatic carbocycles. The Morgan fingerprint density at radius 1 is 1.15 bits per heavy atom. The van der Waals surface area contributed by atoms with Crippen LogP contribution in [0.1, 0.15) is 21.5 Å². The van der Waals surface area contributed by atoms with E-state index in [2.05, 4.69) is 0 Å². The van der Waals surface area contributed by atoms with Gasteiger partial charge in [0, 0.05) is 13.1 Å². The summed E-state index contributed by atoms with van der Waals surface area (Å²) in [5.74, 6) is -1.63. The Labute approximate surface area is 117 Å². The predicted octanol–water partition coefficient (Wildman–Crippen LogP) is 3.16. The molecule has 1 N–H and O–H groups in total. The molecule has 0 spiro atoms. The fourth-order valence-corrected chi connectivity index (χ4v) is 2.13. The molecule has 4 heteroatoms. The first-order chi connectivity index (χ1) is 9.56. The molecule has 3 nitrogen and oxygen atoms in total. The second-order valence-corrected chi connectivity index (χ2v) is 4.76. The predicted molar refractivity (Wildman–Crippen MR) is 75.0 cm³/mol. The first-order valence-electron chi connectivity index (χ1n) is 6.30. The summed E-state index contributed by atoms with van der Waals surface area (Å²) in [4.78, 5) is 13.1. The number of hydrogen-bond acceptors (Lipinski definition) is 2. The van der Waals surface area contributed by atoms with E-state index in [4.69, 9.17) is 5.11 Å². The fraction of sp³-hybridized carbons (Fsp3) is 0.188. The second kappa shape index (κ2) is 6.30. The Kier molecular flexibility index (Phi) is 4.48. The molecule has 0 aliphatic rings. The normalized spacial score (nSPS) is 10.8. The number of benzene rings is 2. The van der Waals surface area contributed by atoms with Gasteiger partial charge in [-0.3, -0.25) is 4.90 Å². The summed E-state index contributed by atoms with van der Waals surface area (Å²) in [5.41, 5.74) is 1.77. The number of nitrogens with zero attached hydrogens (tertiary/aromatic N) is 1. The topological polar surface area (TPSA) is 40.5 Å². The third-order valence-electron chi connectivity index (χ3n) is 3.04. The van der Waals surface area contributed by atoms with Gasteiger partial charge in [-0.25, -0.2) is 9.18 Å². The van der Waals surface area contributed by atoms with Gasteiger partial charge in [-0.15, -0.1) is 0 Å². The van der Waals surface area contributed by atoms with Gasteiger partial charge < -0.3 is 5.11 Å². The monoisotopic (exact) mass is 273 g/mol. The van der Waals surface area contributed by atoms with E-state index in [0.29, 0.717) is 18.7 Å². The quantitative estimate of drug-likeness (QED) is 0.909. The number of carbonyl (C=O) groups is 1. The molecule has 0 aromatic heterocycles. The number of carboxylic acid groups (broad SMARTS) is 1. The van der Waals surface area contributed by atoms with Gasteiger partial charge in [-0.05, 0) is 30.3 Å². The molecule has 0 atom stereocenters. The maximum atomic E-state index is 13.1. The van der Waals surface area contributed by atoms with E-state index in [0.717, 1.165) is 11.6 Å². The van der Waals surface area contributed by atoms with Crippen molar-refractivity contribution in [3.8, 4) is 0 Å². The van der Waals surface area contributed by atoms with Gasteiger partial charge in [0.1, 0.15) is 5.82 Å². The van der Waals surface area contributed by atoms with E-state index >= 15 is 0 Å². The lowest BCUT2D eigenvalue weighted by molar-refractivity contribution is 0.0694. The summed E-state index contributed by atoms with van der Waals surface area (Å²) < 4.78 is 13.1. The minimum Gasteiger partial charge on any atom is -0.478 e. The molecule has 0 radical (unpaired) electrons. The van der Waals surface area contributed by atoms with Crippen LogP contribution in [-0.2, 0) is 13.1 Å². The van der Waals surface area contributed by atoms with E-state index in [-0.39, 0.29) is 5.56 Å². The van der Waals surface area contributed by atoms with Gasteiger partial charge >= 0.3 is 5.97 Å². The lowest BCUT2D eigenvalue weighted by Gasteiger charge is -2.18. The number of rotatable bonds is 5. The maximum Gasteiger partial charge on any atom is 0.336 e. The van der Waals surface area contributed by atoms with Crippen LogP contribution in [0.2, 0.25) is 0 Å². The van der Waals surface area contributed by atoms with E-state index in [9.17, 15) is 9.18 Å². The summed E-state index contributed by atoms with van der Waals surface area (Å²) >= 11 is 0. The van der Waals surface area contributed by atoms with E-state index in [1.54, 1.807) is 0 Å². The lowest BCUT2D eigenvalue weighted by Crippen LogP contribution is -2.19. The molecule has 0 amide bonds. The first-order valence-corrected chi connectivity index (χ1v) is 6.30. The molecular weight excluding hydrogens is 257 g/mol. The van der Waals surface area contributed by atoms with E-state index < -0.39 is 11.8 Å². The summed E-state index contributed by atoms with van der Waals surface area (Å²) in [6.45, 7) is 1.16. The third-order valence-corrected chi connectivity index (χ3v) is 3.04. The Hall–Kier alpha value is -2.20. The van der Waals surface area contributed by atoms with Crippen LogP contribution in [0.3, 0.4) is 0 Å². The minimum atomic E-state index is -1.10. The van der Waals surface area contributed by atoms with Crippen molar-refractivity contribution >= 4 is 5.97 Å². The van der Waals surface area contributed by atoms with Crippen molar-refractivity contribution in [2.24, 2.45) is 0 Å². The number of aromatic carboxylic acids is 1. The van der Waals surface area contributed by atoms with Crippen LogP contribution in [0.15, 0.2) is 48.5 Å². The van der Waals surface area contributed by atoms with Crippen LogP contribution in [-0.4, -0.2) is 23.0 Å². The van der Waals surface area contributed by atoms with Gasteiger partial charge in [-0.2, -0.15) is 0 Å². The largest absolute Gasteiger partial charge is 0.478 e. The molecule has 0 bridgehead atoms. The van der Waals surface area contributed by atoms with Crippen LogP contribution < -0.4 is 0 Å². The van der Waals surface area contributed by atoms with Crippen molar-refractivity contribution in [2.75, 3.05) is 7.05 Å². The lowest BCUT2D eigenvalue weighted by atomic mass is 10.1. The highest BCUT2D eigenvalue weighted by Crippen LogP contribution is 2.15. The Morgan fingerprint density at radius 2 is 1.85 bits per heavy atom. The van der Waals surface area contributed by atoms with Crippen molar-refractivity contribution in [2.45, 2.75) is 13.1 Å². The third kappa shape index (κ3) is 3.65. The van der Waals surface area contributed by atoms with Crippen molar-refractivity contribution in [3.63, 3.8) is 0 Å². The molecule has 0 saturated carbocycles. The summed E-state index contributed by atoms with van der Waals surface area (Å²) in [6.07, 6.45) is 0. The average Bonchev–Trinajstić information content (AvgIpc) is 2.41. The van der Waals surface area contributed by atoms with Crippen molar-refractivity contribution in [3.05, 3.63) is 71.0 Å². The molecule has 0 aliphatic heterocycles. The van der Waals surface area contributed by atoms with Gasteiger partial charge in [-0.1, -0.05) is 36.4 Å². The standard InChI is InChI=1S/C16H16FNO2/c1-18(10-12-5-3-2-4-6-12)11-13-7-8-14(17)9-15(13)16(19)20/h2-9H,10-11H2,1H3,(H,19,20). The zero-order chi connectivity index (χ0) is 14.5.